The van der Waals surface area contributed by atoms with Gasteiger partial charge in [0, 0.05) is 22.8 Å². The number of ether oxygens (including phenoxy) is 1. The summed E-state index contributed by atoms with van der Waals surface area (Å²) in [5.74, 6) is -0.222. The van der Waals surface area contributed by atoms with E-state index in [0.717, 1.165) is 37.6 Å². The molecule has 0 N–H and O–H groups in total. The van der Waals surface area contributed by atoms with E-state index in [2.05, 4.69) is 0 Å². The summed E-state index contributed by atoms with van der Waals surface area (Å²) in [5, 5.41) is 5.67. The van der Waals surface area contributed by atoms with Gasteiger partial charge in [-0.15, -0.1) is 0 Å². The van der Waals surface area contributed by atoms with E-state index in [-0.39, 0.29) is 11.8 Å². The van der Waals surface area contributed by atoms with Gasteiger partial charge in [-0.05, 0) is 40.6 Å². The van der Waals surface area contributed by atoms with Crippen LogP contribution in [0.15, 0.2) is 48.5 Å². The van der Waals surface area contributed by atoms with Crippen LogP contribution in [-0.2, 0) is 14.3 Å². The van der Waals surface area contributed by atoms with Gasteiger partial charge in [-0.1, -0.05) is 55.5 Å². The Labute approximate surface area is 152 Å². The minimum absolute atomic E-state index is 0.127. The zero-order valence-corrected chi connectivity index (χ0v) is 15.6. The smallest absolute Gasteiger partial charge is 0.334 e. The molecule has 3 nitrogen and oxygen atoms in total. The van der Waals surface area contributed by atoms with Crippen LogP contribution in [0.1, 0.15) is 27.2 Å². The van der Waals surface area contributed by atoms with Crippen molar-refractivity contribution in [2.75, 3.05) is 7.11 Å². The predicted molar refractivity (Wildman–Crippen MR) is 106 cm³/mol. The Morgan fingerprint density at radius 1 is 0.769 bits per heavy atom. The lowest BCUT2D eigenvalue weighted by Crippen LogP contribution is -2.22. The molecule has 0 amide bonds. The average Bonchev–Trinajstić information content (AvgIpc) is 2.69. The van der Waals surface area contributed by atoms with Gasteiger partial charge < -0.3 is 4.74 Å². The molecule has 0 radical (unpaired) electrons. The van der Waals surface area contributed by atoms with E-state index < -0.39 is 0 Å². The van der Waals surface area contributed by atoms with E-state index in [9.17, 15) is 9.59 Å². The van der Waals surface area contributed by atoms with Crippen molar-refractivity contribution in [2.45, 2.75) is 27.2 Å². The highest BCUT2D eigenvalue weighted by atomic mass is 16.5. The highest BCUT2D eigenvalue weighted by Gasteiger charge is 2.14. The van der Waals surface area contributed by atoms with Gasteiger partial charge in [0.1, 0.15) is 0 Å². The fourth-order valence-electron chi connectivity index (χ4n) is 3.60. The van der Waals surface area contributed by atoms with E-state index >= 15 is 0 Å². The van der Waals surface area contributed by atoms with Crippen molar-refractivity contribution in [1.29, 1.82) is 0 Å². The number of carbonyl (C=O) groups excluding carboxylic acids is 2. The Bertz CT molecular complexity index is 998. The van der Waals surface area contributed by atoms with Crippen LogP contribution in [0.3, 0.4) is 0 Å². The second-order valence-corrected chi connectivity index (χ2v) is 6.36. The molecule has 0 atom stereocenters. The van der Waals surface area contributed by atoms with Crippen molar-refractivity contribution >= 4 is 44.4 Å². The second-order valence-electron chi connectivity index (χ2n) is 6.36. The number of rotatable bonds is 3. The van der Waals surface area contributed by atoms with Crippen LogP contribution in [-0.4, -0.2) is 18.9 Å². The Hall–Kier alpha value is -2.94. The first-order valence-corrected chi connectivity index (χ1v) is 8.74. The first kappa shape index (κ1) is 17.9. The molecule has 0 fully saturated rings. The van der Waals surface area contributed by atoms with Crippen molar-refractivity contribution < 1.29 is 14.3 Å². The SMILES string of the molecule is CCC(=O)C(C)=c1c2ccccc2c(=C(C)C(=O)OC)c2ccccc12. The number of carbonyl (C=O) groups is 2. The Kier molecular flexibility index (Phi) is 4.90. The van der Waals surface area contributed by atoms with E-state index in [4.69, 9.17) is 4.74 Å². The molecule has 0 saturated carbocycles. The number of hydrogen-bond acceptors (Lipinski definition) is 3. The van der Waals surface area contributed by atoms with Crippen molar-refractivity contribution in [3.05, 3.63) is 59.0 Å². The number of hydrogen-bond donors (Lipinski definition) is 0. The number of methoxy groups -OCH3 is 1. The van der Waals surface area contributed by atoms with Crippen LogP contribution in [0.2, 0.25) is 0 Å². The molecule has 0 heterocycles. The van der Waals surface area contributed by atoms with Crippen molar-refractivity contribution in [1.82, 2.24) is 0 Å². The highest BCUT2D eigenvalue weighted by molar-refractivity contribution is 6.19. The zero-order valence-electron chi connectivity index (χ0n) is 15.6. The maximum absolute atomic E-state index is 12.5. The van der Waals surface area contributed by atoms with Gasteiger partial charge in [-0.3, -0.25) is 4.79 Å². The molecule has 0 aromatic heterocycles. The maximum Gasteiger partial charge on any atom is 0.334 e. The lowest BCUT2D eigenvalue weighted by atomic mass is 9.92. The van der Waals surface area contributed by atoms with Gasteiger partial charge in [0.2, 0.25) is 0 Å². The van der Waals surface area contributed by atoms with Gasteiger partial charge in [0.15, 0.2) is 5.78 Å². The van der Waals surface area contributed by atoms with Gasteiger partial charge in [-0.25, -0.2) is 4.79 Å². The molecule has 0 unspecified atom stereocenters. The highest BCUT2D eigenvalue weighted by Crippen LogP contribution is 2.17. The number of ketones is 1. The molecule has 0 spiro atoms. The van der Waals surface area contributed by atoms with Crippen molar-refractivity contribution in [3.63, 3.8) is 0 Å². The molecule has 0 saturated heterocycles. The van der Waals surface area contributed by atoms with Crippen LogP contribution in [0.25, 0.3) is 32.7 Å². The fraction of sp³-hybridized carbons (Fsp3) is 0.217. The molecule has 0 aliphatic rings. The first-order valence-electron chi connectivity index (χ1n) is 8.74. The number of Topliss-reactive ketones (excluding diaryl/α,β-unsaturated/α-hetero) is 1. The van der Waals surface area contributed by atoms with Crippen LogP contribution < -0.4 is 10.4 Å². The van der Waals surface area contributed by atoms with E-state index in [1.165, 1.54) is 7.11 Å². The van der Waals surface area contributed by atoms with Crippen molar-refractivity contribution in [3.8, 4) is 0 Å². The molecule has 3 aromatic rings. The lowest BCUT2D eigenvalue weighted by Gasteiger charge is -2.11. The molecular formula is C23H22O3. The third-order valence-electron chi connectivity index (χ3n) is 4.91. The Balaban J connectivity index is 2.76. The summed E-state index contributed by atoms with van der Waals surface area (Å²) in [7, 11) is 1.39. The van der Waals surface area contributed by atoms with Gasteiger partial charge in [-0.2, -0.15) is 0 Å². The lowest BCUT2D eigenvalue weighted by molar-refractivity contribution is -0.133. The molecule has 3 rings (SSSR count). The second kappa shape index (κ2) is 7.12. The Morgan fingerprint density at radius 2 is 1.15 bits per heavy atom. The van der Waals surface area contributed by atoms with Gasteiger partial charge in [0.25, 0.3) is 0 Å². The molecule has 0 bridgehead atoms. The summed E-state index contributed by atoms with van der Waals surface area (Å²) in [6.07, 6.45) is 0.462. The third kappa shape index (κ3) is 2.80. The van der Waals surface area contributed by atoms with Gasteiger partial charge >= 0.3 is 5.97 Å². The molecule has 0 aliphatic heterocycles. The van der Waals surface area contributed by atoms with Crippen LogP contribution >= 0.6 is 0 Å². The largest absolute Gasteiger partial charge is 0.466 e. The molecule has 26 heavy (non-hydrogen) atoms. The van der Waals surface area contributed by atoms with Crippen LogP contribution in [0, 0.1) is 0 Å². The molecule has 132 valence electrons. The van der Waals surface area contributed by atoms with Crippen molar-refractivity contribution in [2.24, 2.45) is 0 Å². The molecule has 3 heteroatoms. The minimum Gasteiger partial charge on any atom is -0.466 e. The minimum atomic E-state index is -0.349. The van der Waals surface area contributed by atoms with E-state index in [0.29, 0.717) is 12.0 Å². The normalized spacial score (nSPS) is 10.8. The van der Waals surface area contributed by atoms with E-state index in [1.54, 1.807) is 6.92 Å². The standard InChI is InChI=1S/C23H22O3/c1-5-20(24)14(2)21-16-10-6-8-12-18(16)22(15(3)23(25)26-4)19-13-9-7-11-17(19)21/h6-13H,5H2,1-4H3. The molecule has 3 aromatic carbocycles. The number of fused-ring (bicyclic) bond motifs is 2. The average molecular weight is 346 g/mol. The first-order chi connectivity index (χ1) is 12.5. The summed E-state index contributed by atoms with van der Waals surface area (Å²) in [6, 6.07) is 15.8. The predicted octanol–water partition coefficient (Wildman–Crippen LogP) is 3.49. The molecule has 0 aliphatic carbocycles. The van der Waals surface area contributed by atoms with Crippen LogP contribution in [0.5, 0.6) is 0 Å². The summed E-state index contributed by atoms with van der Waals surface area (Å²) in [5.41, 5.74) is 1.31. The van der Waals surface area contributed by atoms with Gasteiger partial charge in [0.05, 0.1) is 7.11 Å². The number of esters is 1. The quantitative estimate of drug-likeness (QED) is 0.539. The molecular weight excluding hydrogens is 324 g/mol. The monoisotopic (exact) mass is 346 g/mol. The third-order valence-corrected chi connectivity index (χ3v) is 4.91. The zero-order chi connectivity index (χ0) is 18.8. The fourth-order valence-corrected chi connectivity index (χ4v) is 3.60. The van der Waals surface area contributed by atoms with Crippen LogP contribution in [0.4, 0.5) is 0 Å². The Morgan fingerprint density at radius 3 is 1.50 bits per heavy atom. The number of benzene rings is 3. The topological polar surface area (TPSA) is 43.4 Å². The summed E-state index contributed by atoms with van der Waals surface area (Å²) < 4.78 is 4.96. The summed E-state index contributed by atoms with van der Waals surface area (Å²) in [4.78, 5) is 24.7. The summed E-state index contributed by atoms with van der Waals surface area (Å²) in [6.45, 7) is 5.55. The van der Waals surface area contributed by atoms with E-state index in [1.807, 2.05) is 62.4 Å². The summed E-state index contributed by atoms with van der Waals surface area (Å²) >= 11 is 0. The maximum atomic E-state index is 12.5.